The van der Waals surface area contributed by atoms with Crippen molar-refractivity contribution in [2.75, 3.05) is 12.3 Å². The van der Waals surface area contributed by atoms with Gasteiger partial charge in [0.15, 0.2) is 17.0 Å². The maximum Gasteiger partial charge on any atom is 0.312 e. The van der Waals surface area contributed by atoms with Crippen LogP contribution in [0, 0.1) is 6.08 Å². The topological polar surface area (TPSA) is 99.1 Å². The number of imidazole rings is 1. The number of ether oxygens (including phenoxy) is 1. The van der Waals surface area contributed by atoms with Crippen LogP contribution in [0.5, 0.6) is 0 Å². The fourth-order valence-electron chi connectivity index (χ4n) is 1.91. The van der Waals surface area contributed by atoms with Crippen molar-refractivity contribution >= 4 is 17.0 Å². The van der Waals surface area contributed by atoms with E-state index < -0.39 is 18.4 Å². The van der Waals surface area contributed by atoms with Crippen LogP contribution < -0.4 is 5.73 Å². The number of fused-ring (bicyclic) bond motifs is 1. The second-order valence-corrected chi connectivity index (χ2v) is 3.88. The Kier molecular flexibility index (Phi) is 2.20. The van der Waals surface area contributed by atoms with Crippen molar-refractivity contribution < 1.29 is 14.2 Å². The van der Waals surface area contributed by atoms with Gasteiger partial charge in [0.25, 0.3) is 0 Å². The van der Waals surface area contributed by atoms with Gasteiger partial charge in [-0.1, -0.05) is 0 Å². The quantitative estimate of drug-likeness (QED) is 0.670. The fraction of sp³-hybridized carbons (Fsp3) is 0.444. The molecule has 1 aliphatic heterocycles. The molecule has 1 fully saturated rings. The summed E-state index contributed by atoms with van der Waals surface area (Å²) in [6.45, 7) is 0.243. The van der Waals surface area contributed by atoms with Gasteiger partial charge in [0.2, 0.25) is 0 Å². The van der Waals surface area contributed by atoms with E-state index in [0.717, 1.165) is 0 Å². The number of aliphatic hydroxyl groups excluding tert-OH is 1. The van der Waals surface area contributed by atoms with E-state index in [4.69, 9.17) is 10.5 Å². The fourth-order valence-corrected chi connectivity index (χ4v) is 1.91. The van der Waals surface area contributed by atoms with Crippen molar-refractivity contribution in [2.45, 2.75) is 18.8 Å². The molecular formula is C9H10FN5O2. The molecule has 2 atom stereocenters. The van der Waals surface area contributed by atoms with Gasteiger partial charge >= 0.3 is 6.08 Å². The Morgan fingerprint density at radius 2 is 2.35 bits per heavy atom. The predicted molar refractivity (Wildman–Crippen MR) is 55.3 cm³/mol. The molecule has 0 aliphatic carbocycles. The van der Waals surface area contributed by atoms with Crippen LogP contribution in [0.15, 0.2) is 6.33 Å². The van der Waals surface area contributed by atoms with Crippen LogP contribution in [-0.4, -0.2) is 37.3 Å². The van der Waals surface area contributed by atoms with Gasteiger partial charge in [-0.15, -0.1) is 0 Å². The van der Waals surface area contributed by atoms with Gasteiger partial charge in [-0.3, -0.25) is 4.57 Å². The van der Waals surface area contributed by atoms with Gasteiger partial charge in [-0.05, 0) is 0 Å². The van der Waals surface area contributed by atoms with Gasteiger partial charge in [-0.25, -0.2) is 4.98 Å². The predicted octanol–water partition coefficient (Wildman–Crippen LogP) is -0.173. The summed E-state index contributed by atoms with van der Waals surface area (Å²) >= 11 is 0. The first-order valence-corrected chi connectivity index (χ1v) is 5.10. The van der Waals surface area contributed by atoms with Crippen LogP contribution in [0.2, 0.25) is 0 Å². The first-order valence-electron chi connectivity index (χ1n) is 5.10. The summed E-state index contributed by atoms with van der Waals surface area (Å²) in [6.07, 6.45) is 0.0370. The molecule has 0 amide bonds. The van der Waals surface area contributed by atoms with Crippen LogP contribution in [0.25, 0.3) is 11.2 Å². The SMILES string of the molecule is Nc1nc(F)nc2c1ncn2C1CC(O)CO1. The maximum absolute atomic E-state index is 13.1. The van der Waals surface area contributed by atoms with Gasteiger partial charge in [0.1, 0.15) is 6.23 Å². The molecule has 2 aromatic heterocycles. The van der Waals surface area contributed by atoms with Crippen LogP contribution in [0.3, 0.4) is 0 Å². The Balaban J connectivity index is 2.11. The molecule has 7 nitrogen and oxygen atoms in total. The first-order chi connectivity index (χ1) is 8.15. The number of hydrogen-bond acceptors (Lipinski definition) is 6. The van der Waals surface area contributed by atoms with E-state index in [1.807, 2.05) is 0 Å². The van der Waals surface area contributed by atoms with E-state index in [2.05, 4.69) is 15.0 Å². The molecule has 0 radical (unpaired) electrons. The average Bonchev–Trinajstić information content (AvgIpc) is 2.83. The zero-order chi connectivity index (χ0) is 12.0. The van der Waals surface area contributed by atoms with Crippen LogP contribution in [-0.2, 0) is 4.74 Å². The minimum Gasteiger partial charge on any atom is -0.391 e. The molecule has 8 heteroatoms. The van der Waals surface area contributed by atoms with E-state index in [9.17, 15) is 9.50 Å². The number of rotatable bonds is 1. The van der Waals surface area contributed by atoms with E-state index >= 15 is 0 Å². The molecule has 90 valence electrons. The van der Waals surface area contributed by atoms with E-state index in [1.54, 1.807) is 4.57 Å². The molecule has 17 heavy (non-hydrogen) atoms. The van der Waals surface area contributed by atoms with Crippen LogP contribution >= 0.6 is 0 Å². The molecule has 2 aromatic rings. The Labute approximate surface area is 95.1 Å². The third-order valence-electron chi connectivity index (χ3n) is 2.69. The summed E-state index contributed by atoms with van der Waals surface area (Å²) in [4.78, 5) is 11.1. The highest BCUT2D eigenvalue weighted by molar-refractivity contribution is 5.81. The highest BCUT2D eigenvalue weighted by Crippen LogP contribution is 2.27. The number of anilines is 1. The monoisotopic (exact) mass is 239 g/mol. The number of aliphatic hydroxyl groups is 1. The molecular weight excluding hydrogens is 229 g/mol. The van der Waals surface area contributed by atoms with Gasteiger partial charge in [0, 0.05) is 6.42 Å². The number of nitrogen functional groups attached to an aromatic ring is 1. The number of halogens is 1. The molecule has 3 rings (SSSR count). The van der Waals surface area contributed by atoms with Crippen molar-refractivity contribution in [2.24, 2.45) is 0 Å². The van der Waals surface area contributed by atoms with Crippen LogP contribution in [0.1, 0.15) is 12.6 Å². The molecule has 0 bridgehead atoms. The highest BCUT2D eigenvalue weighted by atomic mass is 19.1. The van der Waals surface area contributed by atoms with E-state index in [-0.39, 0.29) is 18.1 Å². The van der Waals surface area contributed by atoms with Crippen molar-refractivity contribution in [3.63, 3.8) is 0 Å². The molecule has 1 aliphatic rings. The summed E-state index contributed by atoms with van der Waals surface area (Å²) in [5.74, 6) is -0.00945. The zero-order valence-electron chi connectivity index (χ0n) is 8.75. The summed E-state index contributed by atoms with van der Waals surface area (Å²) in [7, 11) is 0. The first kappa shape index (κ1) is 10.4. The number of nitrogens with zero attached hydrogens (tertiary/aromatic N) is 4. The van der Waals surface area contributed by atoms with E-state index in [1.165, 1.54) is 6.33 Å². The number of hydrogen-bond donors (Lipinski definition) is 2. The molecule has 0 aromatic carbocycles. The number of nitrogens with two attached hydrogens (primary N) is 1. The molecule has 2 unspecified atom stereocenters. The Morgan fingerprint density at radius 1 is 1.53 bits per heavy atom. The third-order valence-corrected chi connectivity index (χ3v) is 2.69. The molecule has 3 N–H and O–H groups in total. The summed E-state index contributed by atoms with van der Waals surface area (Å²) in [5.41, 5.74) is 6.14. The van der Waals surface area contributed by atoms with Gasteiger partial charge in [0.05, 0.1) is 19.0 Å². The zero-order valence-corrected chi connectivity index (χ0v) is 8.75. The molecule has 0 spiro atoms. The normalized spacial score (nSPS) is 24.6. The maximum atomic E-state index is 13.1. The van der Waals surface area contributed by atoms with Crippen molar-refractivity contribution in [1.29, 1.82) is 0 Å². The average molecular weight is 239 g/mol. The van der Waals surface area contributed by atoms with E-state index in [0.29, 0.717) is 11.9 Å². The van der Waals surface area contributed by atoms with Crippen molar-refractivity contribution in [3.05, 3.63) is 12.4 Å². The Bertz CT molecular complexity index is 572. The van der Waals surface area contributed by atoms with Crippen LogP contribution in [0.4, 0.5) is 10.2 Å². The lowest BCUT2D eigenvalue weighted by molar-refractivity contribution is 0.0501. The largest absolute Gasteiger partial charge is 0.391 e. The second-order valence-electron chi connectivity index (χ2n) is 3.88. The standard InChI is InChI=1S/C9H10FN5O2/c10-9-13-7(11)6-8(14-9)15(3-12-6)5-1-4(16)2-17-5/h3-5,16H,1-2H2,(H2,11,13,14). The third kappa shape index (κ3) is 1.61. The molecule has 3 heterocycles. The Hall–Kier alpha value is -1.80. The van der Waals surface area contributed by atoms with Crippen molar-refractivity contribution in [1.82, 2.24) is 19.5 Å². The molecule has 0 saturated carbocycles. The highest BCUT2D eigenvalue weighted by Gasteiger charge is 2.27. The minimum absolute atomic E-state index is 0.00945. The summed E-state index contributed by atoms with van der Waals surface area (Å²) in [5, 5.41) is 9.39. The lowest BCUT2D eigenvalue weighted by Crippen LogP contribution is -2.09. The smallest absolute Gasteiger partial charge is 0.312 e. The lowest BCUT2D eigenvalue weighted by Gasteiger charge is -2.10. The molecule has 1 saturated heterocycles. The lowest BCUT2D eigenvalue weighted by atomic mass is 10.3. The minimum atomic E-state index is -0.907. The number of aromatic nitrogens is 4. The second kappa shape index (κ2) is 3.60. The van der Waals surface area contributed by atoms with Crippen molar-refractivity contribution in [3.8, 4) is 0 Å². The van der Waals surface area contributed by atoms with Gasteiger partial charge < -0.3 is 15.6 Å². The van der Waals surface area contributed by atoms with Gasteiger partial charge in [-0.2, -0.15) is 14.4 Å². The summed E-state index contributed by atoms with van der Waals surface area (Å²) < 4.78 is 20.0. The Morgan fingerprint density at radius 3 is 3.06 bits per heavy atom. The summed E-state index contributed by atoms with van der Waals surface area (Å²) in [6, 6.07) is 0.